The smallest absolute Gasteiger partial charge is 0.272 e. The van der Waals surface area contributed by atoms with E-state index in [0.717, 1.165) is 53.6 Å². The summed E-state index contributed by atoms with van der Waals surface area (Å²) >= 11 is 19.0. The Morgan fingerprint density at radius 2 is 1.65 bits per heavy atom. The van der Waals surface area contributed by atoms with Gasteiger partial charge >= 0.3 is 0 Å². The van der Waals surface area contributed by atoms with Crippen molar-refractivity contribution >= 4 is 52.4 Å². The van der Waals surface area contributed by atoms with Crippen LogP contribution in [0.4, 0.5) is 0 Å². The predicted octanol–water partition coefficient (Wildman–Crippen LogP) is 8.59. The number of aromatic nitrogens is 2. The Kier molecular flexibility index (Phi) is 7.71. The molecule has 7 heteroatoms. The van der Waals surface area contributed by atoms with Crippen LogP contribution >= 0.6 is 34.8 Å². The molecule has 4 nitrogen and oxygen atoms in total. The Morgan fingerprint density at radius 3 is 2.38 bits per heavy atom. The average molecular weight is 551 g/mol. The SMILES string of the molecule is C[C@H](NC(=O)c1nn(-c2ccc(Cl)cc2Cl)c2c1CCCC/C2=C\c1ccc(Cl)cc1)c1ccccc1. The van der Waals surface area contributed by atoms with Gasteiger partial charge in [-0.15, -0.1) is 0 Å². The first-order valence-corrected chi connectivity index (χ1v) is 13.4. The Bertz CT molecular complexity index is 1460. The quantitative estimate of drug-likeness (QED) is 0.253. The lowest BCUT2D eigenvalue weighted by molar-refractivity contribution is 0.0933. The number of halogens is 3. The van der Waals surface area contributed by atoms with E-state index in [0.29, 0.717) is 26.4 Å². The molecule has 0 saturated carbocycles. The van der Waals surface area contributed by atoms with Crippen molar-refractivity contribution in [3.05, 3.63) is 116 Å². The minimum absolute atomic E-state index is 0.163. The van der Waals surface area contributed by atoms with Gasteiger partial charge in [0, 0.05) is 15.6 Å². The molecule has 1 aromatic heterocycles. The number of nitrogens with zero attached hydrogens (tertiary/aromatic N) is 2. The highest BCUT2D eigenvalue weighted by Crippen LogP contribution is 2.37. The van der Waals surface area contributed by atoms with Crippen molar-refractivity contribution < 1.29 is 4.79 Å². The van der Waals surface area contributed by atoms with E-state index in [1.165, 1.54) is 0 Å². The normalized spacial score (nSPS) is 15.2. The summed E-state index contributed by atoms with van der Waals surface area (Å²) < 4.78 is 1.81. The number of allylic oxidation sites excluding steroid dienone is 1. The molecule has 0 unspecified atom stereocenters. The van der Waals surface area contributed by atoms with Crippen LogP contribution in [0.15, 0.2) is 72.8 Å². The van der Waals surface area contributed by atoms with E-state index in [1.54, 1.807) is 12.1 Å². The molecular weight excluding hydrogens is 525 g/mol. The largest absolute Gasteiger partial charge is 0.344 e. The molecule has 37 heavy (non-hydrogen) atoms. The zero-order valence-electron chi connectivity index (χ0n) is 20.3. The van der Waals surface area contributed by atoms with Crippen LogP contribution in [0.3, 0.4) is 0 Å². The maximum atomic E-state index is 13.6. The van der Waals surface area contributed by atoms with Crippen LogP contribution in [0.25, 0.3) is 17.3 Å². The highest BCUT2D eigenvalue weighted by molar-refractivity contribution is 6.35. The van der Waals surface area contributed by atoms with Crippen molar-refractivity contribution in [1.29, 1.82) is 0 Å². The number of fused-ring (bicyclic) bond motifs is 1. The molecule has 5 rings (SSSR count). The highest BCUT2D eigenvalue weighted by atomic mass is 35.5. The summed E-state index contributed by atoms with van der Waals surface area (Å²) in [4.78, 5) is 13.6. The van der Waals surface area contributed by atoms with Crippen molar-refractivity contribution in [1.82, 2.24) is 15.1 Å². The molecule has 0 aliphatic heterocycles. The molecule has 1 heterocycles. The summed E-state index contributed by atoms with van der Waals surface area (Å²) in [6.45, 7) is 1.98. The first-order valence-electron chi connectivity index (χ1n) is 12.3. The number of carbonyl (C=O) groups excluding carboxylic acids is 1. The van der Waals surface area contributed by atoms with Gasteiger partial charge in [0.25, 0.3) is 5.91 Å². The molecule has 0 bridgehead atoms. The topological polar surface area (TPSA) is 46.9 Å². The number of amides is 1. The molecule has 3 aromatic carbocycles. The second-order valence-corrected chi connectivity index (χ2v) is 10.5. The number of hydrogen-bond acceptors (Lipinski definition) is 2. The van der Waals surface area contributed by atoms with Gasteiger partial charge in [-0.25, -0.2) is 4.68 Å². The Hall–Kier alpha value is -3.05. The minimum atomic E-state index is -0.204. The average Bonchev–Trinajstić information content (AvgIpc) is 3.14. The van der Waals surface area contributed by atoms with Crippen LogP contribution in [0.2, 0.25) is 15.1 Å². The number of benzene rings is 3. The Morgan fingerprint density at radius 1 is 0.946 bits per heavy atom. The molecule has 0 saturated heterocycles. The van der Waals surface area contributed by atoms with Crippen LogP contribution < -0.4 is 5.32 Å². The fourth-order valence-corrected chi connectivity index (χ4v) is 5.37. The van der Waals surface area contributed by atoms with Crippen molar-refractivity contribution in [3.8, 4) is 5.69 Å². The van der Waals surface area contributed by atoms with Gasteiger partial charge in [0.2, 0.25) is 0 Å². The van der Waals surface area contributed by atoms with E-state index in [2.05, 4.69) is 11.4 Å². The number of hydrogen-bond donors (Lipinski definition) is 1. The van der Waals surface area contributed by atoms with Gasteiger partial charge in [-0.2, -0.15) is 5.10 Å². The molecule has 0 fully saturated rings. The molecule has 1 atom stereocenters. The summed E-state index contributed by atoms with van der Waals surface area (Å²) in [5, 5.41) is 9.70. The summed E-state index contributed by atoms with van der Waals surface area (Å²) in [5.74, 6) is -0.204. The molecule has 0 radical (unpaired) electrons. The maximum Gasteiger partial charge on any atom is 0.272 e. The molecule has 1 aliphatic carbocycles. The Balaban J connectivity index is 1.64. The van der Waals surface area contributed by atoms with E-state index >= 15 is 0 Å². The van der Waals surface area contributed by atoms with Crippen LogP contribution in [0.1, 0.15) is 65.1 Å². The Labute approximate surface area is 231 Å². The minimum Gasteiger partial charge on any atom is -0.344 e. The molecular formula is C30H26Cl3N3O. The van der Waals surface area contributed by atoms with E-state index in [1.807, 2.05) is 72.3 Å². The van der Waals surface area contributed by atoms with Gasteiger partial charge in [0.15, 0.2) is 5.69 Å². The van der Waals surface area contributed by atoms with Gasteiger partial charge in [-0.05, 0) is 85.7 Å². The third-order valence-electron chi connectivity index (χ3n) is 6.62. The van der Waals surface area contributed by atoms with E-state index in [4.69, 9.17) is 39.9 Å². The van der Waals surface area contributed by atoms with Crippen molar-refractivity contribution in [3.63, 3.8) is 0 Å². The molecule has 188 valence electrons. The fourth-order valence-electron chi connectivity index (χ4n) is 4.75. The maximum absolute atomic E-state index is 13.6. The van der Waals surface area contributed by atoms with E-state index in [9.17, 15) is 4.79 Å². The predicted molar refractivity (Wildman–Crippen MR) is 153 cm³/mol. The fraction of sp³-hybridized carbons (Fsp3) is 0.200. The van der Waals surface area contributed by atoms with Crippen molar-refractivity contribution in [2.45, 2.75) is 38.6 Å². The molecule has 4 aromatic rings. The number of nitrogens with one attached hydrogen (secondary N) is 1. The number of rotatable bonds is 5. The van der Waals surface area contributed by atoms with Gasteiger partial charge in [-0.3, -0.25) is 4.79 Å². The van der Waals surface area contributed by atoms with Gasteiger partial charge in [-0.1, -0.05) is 77.3 Å². The van der Waals surface area contributed by atoms with Crippen LogP contribution in [0.5, 0.6) is 0 Å². The monoisotopic (exact) mass is 549 g/mol. The highest BCUT2D eigenvalue weighted by Gasteiger charge is 2.28. The molecule has 1 aliphatic rings. The summed E-state index contributed by atoms with van der Waals surface area (Å²) in [7, 11) is 0. The third kappa shape index (κ3) is 5.62. The third-order valence-corrected chi connectivity index (χ3v) is 7.41. The van der Waals surface area contributed by atoms with Crippen LogP contribution in [0, 0.1) is 0 Å². The van der Waals surface area contributed by atoms with Gasteiger partial charge in [0.1, 0.15) is 0 Å². The summed E-state index contributed by atoms with van der Waals surface area (Å²) in [5.41, 5.74) is 6.12. The molecule has 0 spiro atoms. The first kappa shape index (κ1) is 25.6. The lowest BCUT2D eigenvalue weighted by Crippen LogP contribution is -2.28. The first-order chi connectivity index (χ1) is 17.9. The van der Waals surface area contributed by atoms with Crippen molar-refractivity contribution in [2.75, 3.05) is 0 Å². The second kappa shape index (κ2) is 11.1. The van der Waals surface area contributed by atoms with Crippen LogP contribution in [-0.2, 0) is 6.42 Å². The van der Waals surface area contributed by atoms with E-state index in [-0.39, 0.29) is 11.9 Å². The molecule has 1 amide bonds. The second-order valence-electron chi connectivity index (χ2n) is 9.22. The standard InChI is InChI=1S/C30H26Cl3N3O/c1-19(21-7-3-2-4-8-21)34-30(37)28-25-10-6-5-9-22(17-20-11-13-23(31)14-12-20)29(25)36(35-28)27-16-15-24(32)18-26(27)33/h2-4,7-8,11-19H,5-6,9-10H2,1H3,(H,34,37)/b22-17+/t19-/m0/s1. The lowest BCUT2D eigenvalue weighted by Gasteiger charge is -2.14. The zero-order valence-corrected chi connectivity index (χ0v) is 22.6. The van der Waals surface area contributed by atoms with Gasteiger partial charge < -0.3 is 5.32 Å². The van der Waals surface area contributed by atoms with Crippen molar-refractivity contribution in [2.24, 2.45) is 0 Å². The summed E-state index contributed by atoms with van der Waals surface area (Å²) in [6, 6.07) is 22.8. The molecule has 1 N–H and O–H groups in total. The lowest BCUT2D eigenvalue weighted by atomic mass is 10.0. The van der Waals surface area contributed by atoms with E-state index < -0.39 is 0 Å². The zero-order chi connectivity index (χ0) is 25.9. The summed E-state index contributed by atoms with van der Waals surface area (Å²) in [6.07, 6.45) is 5.72. The number of carbonyl (C=O) groups is 1. The van der Waals surface area contributed by atoms with Gasteiger partial charge in [0.05, 0.1) is 22.4 Å². The van der Waals surface area contributed by atoms with Crippen LogP contribution in [-0.4, -0.2) is 15.7 Å².